The van der Waals surface area contributed by atoms with Crippen LogP contribution in [0.3, 0.4) is 0 Å². The van der Waals surface area contributed by atoms with Crippen LogP contribution in [0.5, 0.6) is 0 Å². The SMILES string of the molecule is C.Cc1cc(C)c2nc(-c3cnc(NCCCC4CCN(C)CC4)nc3C)[nH]c2c1.O=C(O)[C@H](O)CO.O=C=O. The summed E-state index contributed by atoms with van der Waals surface area (Å²) in [7, 11) is 2.22. The fourth-order valence-corrected chi connectivity index (χ4v) is 4.40. The Hall–Kier alpha value is -3.70. The third-order valence-corrected chi connectivity index (χ3v) is 6.52. The van der Waals surface area contributed by atoms with Crippen molar-refractivity contribution in [3.63, 3.8) is 0 Å². The van der Waals surface area contributed by atoms with Gasteiger partial charge in [0.15, 0.2) is 6.10 Å². The standard InChI is InChI=1S/C23H32N6.C3H6O4.CO2.CH4/c1-15-12-16(2)21-20(13-15)27-22(28-21)19-14-25-23(26-17(19)3)24-9-5-6-18-7-10-29(4)11-8-18;4-1-2(5)3(6)7;2-1-3;/h12-14,18H,5-11H2,1-4H3,(H,27,28)(H,24,25,26);2,4-5H,1H2,(H,6,7);;1H4/t;2-;;/m.1../s1. The number of fused-ring (bicyclic) bond motifs is 1. The Labute approximate surface area is 234 Å². The highest BCUT2D eigenvalue weighted by molar-refractivity contribution is 5.83. The number of aromatic nitrogens is 4. The summed E-state index contributed by atoms with van der Waals surface area (Å²) in [6.07, 6.45) is 5.62. The van der Waals surface area contributed by atoms with E-state index in [1.165, 1.54) is 49.9 Å². The second-order valence-electron chi connectivity index (χ2n) is 9.69. The second-order valence-corrected chi connectivity index (χ2v) is 9.69. The number of aromatic amines is 1. The molecule has 3 heterocycles. The molecule has 1 atom stereocenters. The number of carboxylic acids is 1. The van der Waals surface area contributed by atoms with Gasteiger partial charge in [-0.1, -0.05) is 13.5 Å². The number of benzene rings is 1. The predicted octanol–water partition coefficient (Wildman–Crippen LogP) is 2.96. The molecule has 220 valence electrons. The normalized spacial score (nSPS) is 14.1. The van der Waals surface area contributed by atoms with Crippen molar-refractivity contribution in [1.82, 2.24) is 24.8 Å². The van der Waals surface area contributed by atoms with E-state index < -0.39 is 18.7 Å². The highest BCUT2D eigenvalue weighted by Crippen LogP contribution is 2.25. The van der Waals surface area contributed by atoms with E-state index in [4.69, 9.17) is 29.9 Å². The second kappa shape index (κ2) is 17.1. The first-order valence-electron chi connectivity index (χ1n) is 12.8. The molecule has 5 N–H and O–H groups in total. The molecule has 4 rings (SSSR count). The van der Waals surface area contributed by atoms with Gasteiger partial charge in [0, 0.05) is 12.7 Å². The number of rotatable bonds is 8. The van der Waals surface area contributed by atoms with Crippen LogP contribution in [0.4, 0.5) is 5.95 Å². The van der Waals surface area contributed by atoms with E-state index in [9.17, 15) is 4.79 Å². The number of aliphatic hydroxyl groups is 2. The molecule has 0 unspecified atom stereocenters. The quantitative estimate of drug-likeness (QED) is 0.256. The van der Waals surface area contributed by atoms with Crippen molar-refractivity contribution in [3.8, 4) is 11.4 Å². The van der Waals surface area contributed by atoms with Gasteiger partial charge >= 0.3 is 12.1 Å². The molecule has 0 spiro atoms. The Morgan fingerprint density at radius 2 is 1.85 bits per heavy atom. The lowest BCUT2D eigenvalue weighted by Gasteiger charge is -2.28. The Morgan fingerprint density at radius 3 is 2.40 bits per heavy atom. The molecule has 1 saturated heterocycles. The molecule has 40 heavy (non-hydrogen) atoms. The van der Waals surface area contributed by atoms with Crippen LogP contribution >= 0.6 is 0 Å². The van der Waals surface area contributed by atoms with Crippen LogP contribution in [-0.2, 0) is 14.4 Å². The van der Waals surface area contributed by atoms with Crippen molar-refractivity contribution in [2.24, 2.45) is 5.92 Å². The molecule has 0 radical (unpaired) electrons. The molecule has 2 aromatic heterocycles. The van der Waals surface area contributed by atoms with Gasteiger partial charge in [-0.15, -0.1) is 0 Å². The summed E-state index contributed by atoms with van der Waals surface area (Å²) >= 11 is 0. The molecule has 1 aromatic carbocycles. The number of likely N-dealkylation sites (tertiary alicyclic amines) is 1. The van der Waals surface area contributed by atoms with Crippen molar-refractivity contribution >= 4 is 29.1 Å². The van der Waals surface area contributed by atoms with E-state index in [0.29, 0.717) is 5.95 Å². The maximum absolute atomic E-state index is 9.52. The zero-order chi connectivity index (χ0) is 28.9. The van der Waals surface area contributed by atoms with Gasteiger partial charge in [0.1, 0.15) is 5.82 Å². The Balaban J connectivity index is 0.000000629. The Morgan fingerprint density at radius 1 is 1.20 bits per heavy atom. The summed E-state index contributed by atoms with van der Waals surface area (Å²) in [6, 6.07) is 4.30. The zero-order valence-corrected chi connectivity index (χ0v) is 22.9. The number of anilines is 1. The van der Waals surface area contributed by atoms with Crippen molar-refractivity contribution in [2.45, 2.75) is 60.0 Å². The summed E-state index contributed by atoms with van der Waals surface area (Å²) in [5.74, 6) is 1.01. The zero-order valence-electron chi connectivity index (χ0n) is 22.9. The van der Waals surface area contributed by atoms with Crippen LogP contribution in [-0.4, -0.2) is 91.7 Å². The van der Waals surface area contributed by atoms with Gasteiger partial charge in [-0.3, -0.25) is 0 Å². The minimum atomic E-state index is -1.63. The molecule has 1 fully saturated rings. The smallest absolute Gasteiger partial charge is 0.373 e. The first-order valence-corrected chi connectivity index (χ1v) is 12.8. The number of nitrogens with zero attached hydrogens (tertiary/aromatic N) is 4. The number of nitrogens with one attached hydrogen (secondary N) is 2. The van der Waals surface area contributed by atoms with Crippen molar-refractivity contribution in [3.05, 3.63) is 35.2 Å². The molecule has 0 amide bonds. The molecule has 0 aliphatic carbocycles. The lowest BCUT2D eigenvalue weighted by molar-refractivity contribution is -0.191. The van der Waals surface area contributed by atoms with E-state index >= 15 is 0 Å². The van der Waals surface area contributed by atoms with Gasteiger partial charge in [0.25, 0.3) is 0 Å². The van der Waals surface area contributed by atoms with Crippen molar-refractivity contribution < 1.29 is 29.7 Å². The van der Waals surface area contributed by atoms with Gasteiger partial charge in [-0.25, -0.2) is 19.7 Å². The van der Waals surface area contributed by atoms with E-state index in [1.54, 1.807) is 0 Å². The topological polar surface area (TPSA) is 182 Å². The van der Waals surface area contributed by atoms with Crippen LogP contribution in [0.2, 0.25) is 0 Å². The number of aliphatic carboxylic acids is 1. The maximum atomic E-state index is 9.52. The molecule has 0 bridgehead atoms. The van der Waals surface area contributed by atoms with E-state index in [0.717, 1.165) is 40.6 Å². The average Bonchev–Trinajstić information content (AvgIpc) is 3.32. The fraction of sp³-hybridized carbons (Fsp3) is 0.536. The van der Waals surface area contributed by atoms with Crippen LogP contribution in [0.15, 0.2) is 18.3 Å². The van der Waals surface area contributed by atoms with Gasteiger partial charge < -0.3 is 30.5 Å². The minimum absolute atomic E-state index is 0. The average molecular weight is 559 g/mol. The molecular weight excluding hydrogens is 516 g/mol. The van der Waals surface area contributed by atoms with Gasteiger partial charge in [-0.2, -0.15) is 9.59 Å². The van der Waals surface area contributed by atoms with Crippen LogP contribution in [0, 0.1) is 26.7 Å². The number of carbonyl (C=O) groups is 1. The first kappa shape index (κ1) is 34.3. The highest BCUT2D eigenvalue weighted by atomic mass is 16.4. The number of aliphatic hydroxyl groups excluding tert-OH is 2. The molecule has 0 saturated carbocycles. The summed E-state index contributed by atoms with van der Waals surface area (Å²) in [4.78, 5) is 45.6. The summed E-state index contributed by atoms with van der Waals surface area (Å²) in [6.45, 7) is 8.90. The number of piperidine rings is 1. The number of imidazole rings is 1. The number of hydrogen-bond acceptors (Lipinski definition) is 10. The molecule has 1 aliphatic heterocycles. The summed E-state index contributed by atoms with van der Waals surface area (Å²) in [5.41, 5.74) is 6.39. The number of hydrogen-bond donors (Lipinski definition) is 5. The number of carboxylic acid groups (broad SMARTS) is 1. The minimum Gasteiger partial charge on any atom is -0.479 e. The third-order valence-electron chi connectivity index (χ3n) is 6.52. The van der Waals surface area contributed by atoms with Gasteiger partial charge in [0.2, 0.25) is 5.95 Å². The van der Waals surface area contributed by atoms with Gasteiger partial charge in [-0.05, 0) is 89.7 Å². The monoisotopic (exact) mass is 558 g/mol. The number of carbonyl (C=O) groups excluding carboxylic acids is 2. The Bertz CT molecular complexity index is 1250. The largest absolute Gasteiger partial charge is 0.479 e. The van der Waals surface area contributed by atoms with Crippen LogP contribution in [0.25, 0.3) is 22.4 Å². The summed E-state index contributed by atoms with van der Waals surface area (Å²) < 4.78 is 0. The number of H-pyrrole nitrogens is 1. The fourth-order valence-electron chi connectivity index (χ4n) is 4.40. The number of aryl methyl sites for hydroxylation is 3. The highest BCUT2D eigenvalue weighted by Gasteiger charge is 2.16. The van der Waals surface area contributed by atoms with E-state index in [2.05, 4.69) is 58.2 Å². The third kappa shape index (κ3) is 10.5. The van der Waals surface area contributed by atoms with Gasteiger partial charge in [0.05, 0.1) is 28.9 Å². The van der Waals surface area contributed by atoms with Crippen LogP contribution < -0.4 is 5.32 Å². The maximum Gasteiger partial charge on any atom is 0.373 e. The van der Waals surface area contributed by atoms with E-state index in [1.807, 2.05) is 13.1 Å². The molecule has 3 aromatic rings. The molecule has 1 aliphatic rings. The first-order chi connectivity index (χ1) is 18.6. The van der Waals surface area contributed by atoms with Crippen molar-refractivity contribution in [2.75, 3.05) is 38.6 Å². The molecule has 12 heteroatoms. The summed E-state index contributed by atoms with van der Waals surface area (Å²) in [5, 5.41) is 27.1. The lowest BCUT2D eigenvalue weighted by atomic mass is 9.92. The Kier molecular flexibility index (Phi) is 14.7. The van der Waals surface area contributed by atoms with Crippen molar-refractivity contribution in [1.29, 1.82) is 0 Å². The molecular formula is C28H42N6O6. The van der Waals surface area contributed by atoms with E-state index in [-0.39, 0.29) is 13.6 Å². The van der Waals surface area contributed by atoms with Crippen LogP contribution in [0.1, 0.15) is 49.9 Å². The lowest BCUT2D eigenvalue weighted by Crippen LogP contribution is -2.30. The predicted molar refractivity (Wildman–Crippen MR) is 152 cm³/mol. The molecule has 12 nitrogen and oxygen atoms in total.